The summed E-state index contributed by atoms with van der Waals surface area (Å²) in [7, 11) is 0. The Hall–Kier alpha value is -2.36. The zero-order valence-electron chi connectivity index (χ0n) is 14.9. The molecule has 4 heteroatoms. The quantitative estimate of drug-likeness (QED) is 0.876. The second-order valence-electron chi connectivity index (χ2n) is 6.76. The molecule has 4 nitrogen and oxygen atoms in total. The van der Waals surface area contributed by atoms with Crippen LogP contribution in [-0.4, -0.2) is 30.5 Å². The number of nitrogens with one attached hydrogen (secondary N) is 1. The minimum absolute atomic E-state index is 0.0447. The largest absolute Gasteiger partial charge is 0.370 e. The standard InChI is InChI=1S/C21H27N3O/c1-2-20(18-7-4-3-5-8-18)21(25)23-15-17-10-13-24(14-11-17)19-9-6-12-22-16-19/h3-9,12,16-17,20H,2,10-11,13-15H2,1H3,(H,23,25). The van der Waals surface area contributed by atoms with Crippen molar-refractivity contribution in [3.63, 3.8) is 0 Å². The topological polar surface area (TPSA) is 45.2 Å². The number of rotatable bonds is 6. The van der Waals surface area contributed by atoms with Gasteiger partial charge in [-0.25, -0.2) is 0 Å². The Morgan fingerprint density at radius 2 is 1.96 bits per heavy atom. The normalized spacial score (nSPS) is 16.4. The van der Waals surface area contributed by atoms with Crippen LogP contribution in [0.15, 0.2) is 54.9 Å². The SMILES string of the molecule is CCC(C(=O)NCC1CCN(c2cccnc2)CC1)c1ccccc1. The molecule has 0 spiro atoms. The third kappa shape index (κ3) is 4.59. The first-order chi connectivity index (χ1) is 12.3. The fourth-order valence-electron chi connectivity index (χ4n) is 3.56. The first-order valence-electron chi connectivity index (χ1n) is 9.25. The van der Waals surface area contributed by atoms with E-state index in [1.165, 1.54) is 5.69 Å². The van der Waals surface area contributed by atoms with Gasteiger partial charge < -0.3 is 10.2 Å². The Balaban J connectivity index is 1.47. The van der Waals surface area contributed by atoms with Crippen molar-refractivity contribution in [2.75, 3.05) is 24.5 Å². The lowest BCUT2D eigenvalue weighted by Gasteiger charge is -2.33. The molecule has 132 valence electrons. The van der Waals surface area contributed by atoms with Crippen LogP contribution in [0.4, 0.5) is 5.69 Å². The molecule has 1 fully saturated rings. The highest BCUT2D eigenvalue weighted by Gasteiger charge is 2.22. The van der Waals surface area contributed by atoms with Crippen LogP contribution in [0.1, 0.15) is 37.7 Å². The van der Waals surface area contributed by atoms with Gasteiger partial charge in [-0.15, -0.1) is 0 Å². The number of hydrogen-bond acceptors (Lipinski definition) is 3. The fourth-order valence-corrected chi connectivity index (χ4v) is 3.56. The van der Waals surface area contributed by atoms with Gasteiger partial charge in [0.25, 0.3) is 0 Å². The molecule has 1 aromatic heterocycles. The summed E-state index contributed by atoms with van der Waals surface area (Å²) in [4.78, 5) is 19.1. The Morgan fingerprint density at radius 3 is 2.60 bits per heavy atom. The number of nitrogens with zero attached hydrogens (tertiary/aromatic N) is 2. The minimum Gasteiger partial charge on any atom is -0.370 e. The molecule has 0 aliphatic carbocycles. The Morgan fingerprint density at radius 1 is 1.20 bits per heavy atom. The van der Waals surface area contributed by atoms with Gasteiger partial charge in [-0.3, -0.25) is 9.78 Å². The van der Waals surface area contributed by atoms with E-state index in [4.69, 9.17) is 0 Å². The number of piperidine rings is 1. The van der Waals surface area contributed by atoms with Crippen LogP contribution in [0.2, 0.25) is 0 Å². The van der Waals surface area contributed by atoms with Gasteiger partial charge in [0, 0.05) is 25.8 Å². The third-order valence-electron chi connectivity index (χ3n) is 5.12. The predicted octanol–water partition coefficient (Wildman–Crippen LogP) is 3.61. The van der Waals surface area contributed by atoms with Crippen molar-refractivity contribution < 1.29 is 4.79 Å². The highest BCUT2D eigenvalue weighted by molar-refractivity contribution is 5.83. The third-order valence-corrected chi connectivity index (χ3v) is 5.12. The first kappa shape index (κ1) is 17.5. The van der Waals surface area contributed by atoms with Crippen LogP contribution in [0.5, 0.6) is 0 Å². The number of hydrogen-bond donors (Lipinski definition) is 1. The zero-order chi connectivity index (χ0) is 17.5. The second kappa shape index (κ2) is 8.65. The maximum atomic E-state index is 12.6. The summed E-state index contributed by atoms with van der Waals surface area (Å²) < 4.78 is 0. The summed E-state index contributed by atoms with van der Waals surface area (Å²) in [5.41, 5.74) is 2.30. The van der Waals surface area contributed by atoms with Crippen LogP contribution < -0.4 is 10.2 Å². The van der Waals surface area contributed by atoms with Gasteiger partial charge in [-0.05, 0) is 42.9 Å². The molecule has 0 saturated carbocycles. The van der Waals surface area contributed by atoms with Crippen LogP contribution in [0.25, 0.3) is 0 Å². The number of amides is 1. The summed E-state index contributed by atoms with van der Waals surface area (Å²) in [6, 6.07) is 14.2. The fraction of sp³-hybridized carbons (Fsp3) is 0.429. The van der Waals surface area contributed by atoms with E-state index in [-0.39, 0.29) is 11.8 Å². The van der Waals surface area contributed by atoms with Crippen molar-refractivity contribution >= 4 is 11.6 Å². The van der Waals surface area contributed by atoms with Crippen LogP contribution in [0.3, 0.4) is 0 Å². The molecule has 0 radical (unpaired) electrons. The average Bonchev–Trinajstić information content (AvgIpc) is 2.69. The summed E-state index contributed by atoms with van der Waals surface area (Å²) >= 11 is 0. The average molecular weight is 337 g/mol. The molecule has 1 unspecified atom stereocenters. The lowest BCUT2D eigenvalue weighted by molar-refractivity contribution is -0.122. The molecular formula is C21H27N3O. The lowest BCUT2D eigenvalue weighted by atomic mass is 9.94. The van der Waals surface area contributed by atoms with Crippen molar-refractivity contribution in [1.29, 1.82) is 0 Å². The van der Waals surface area contributed by atoms with E-state index in [9.17, 15) is 4.79 Å². The van der Waals surface area contributed by atoms with Gasteiger partial charge in [-0.1, -0.05) is 37.3 Å². The summed E-state index contributed by atoms with van der Waals surface area (Å²) in [6.07, 6.45) is 6.78. The molecule has 1 aromatic carbocycles. The van der Waals surface area contributed by atoms with E-state index in [0.717, 1.165) is 44.5 Å². The van der Waals surface area contributed by atoms with Crippen molar-refractivity contribution in [2.45, 2.75) is 32.1 Å². The highest BCUT2D eigenvalue weighted by Crippen LogP contribution is 2.23. The van der Waals surface area contributed by atoms with Crippen molar-refractivity contribution in [3.05, 3.63) is 60.4 Å². The first-order valence-corrected chi connectivity index (χ1v) is 9.25. The molecule has 1 amide bonds. The minimum atomic E-state index is -0.0447. The Bertz CT molecular complexity index is 651. The highest BCUT2D eigenvalue weighted by atomic mass is 16.1. The van der Waals surface area contributed by atoms with Crippen molar-refractivity contribution in [1.82, 2.24) is 10.3 Å². The Labute approximate surface area is 150 Å². The lowest BCUT2D eigenvalue weighted by Crippen LogP contribution is -2.39. The number of carbonyl (C=O) groups excluding carboxylic acids is 1. The van der Waals surface area contributed by atoms with Crippen LogP contribution in [0, 0.1) is 5.92 Å². The number of benzene rings is 1. The van der Waals surface area contributed by atoms with E-state index in [1.54, 1.807) is 0 Å². The summed E-state index contributed by atoms with van der Waals surface area (Å²) in [6.45, 7) is 4.91. The second-order valence-corrected chi connectivity index (χ2v) is 6.76. The molecule has 2 heterocycles. The molecule has 1 N–H and O–H groups in total. The molecule has 0 bridgehead atoms. The van der Waals surface area contributed by atoms with Gasteiger partial charge in [0.15, 0.2) is 0 Å². The smallest absolute Gasteiger partial charge is 0.227 e. The van der Waals surface area contributed by atoms with E-state index in [2.05, 4.69) is 28.2 Å². The van der Waals surface area contributed by atoms with Gasteiger partial charge in [0.2, 0.25) is 5.91 Å². The number of carbonyl (C=O) groups is 1. The van der Waals surface area contributed by atoms with Crippen LogP contribution >= 0.6 is 0 Å². The molecular weight excluding hydrogens is 310 g/mol. The van der Waals surface area contributed by atoms with E-state index in [1.807, 2.05) is 48.8 Å². The number of pyridine rings is 1. The van der Waals surface area contributed by atoms with E-state index in [0.29, 0.717) is 5.92 Å². The summed E-state index contributed by atoms with van der Waals surface area (Å²) in [5.74, 6) is 0.672. The van der Waals surface area contributed by atoms with Gasteiger partial charge in [-0.2, -0.15) is 0 Å². The molecule has 1 aliphatic rings. The number of anilines is 1. The molecule has 1 atom stereocenters. The number of aromatic nitrogens is 1. The van der Waals surface area contributed by atoms with Crippen LogP contribution in [-0.2, 0) is 4.79 Å². The Kier molecular flexibility index (Phi) is 6.04. The maximum absolute atomic E-state index is 12.6. The van der Waals surface area contributed by atoms with Gasteiger partial charge >= 0.3 is 0 Å². The summed E-state index contributed by atoms with van der Waals surface area (Å²) in [5, 5.41) is 3.19. The van der Waals surface area contributed by atoms with Gasteiger partial charge in [0.05, 0.1) is 17.8 Å². The van der Waals surface area contributed by atoms with Crippen molar-refractivity contribution in [3.8, 4) is 0 Å². The van der Waals surface area contributed by atoms with E-state index < -0.39 is 0 Å². The molecule has 3 rings (SSSR count). The molecule has 2 aromatic rings. The molecule has 1 saturated heterocycles. The predicted molar refractivity (Wildman–Crippen MR) is 102 cm³/mol. The van der Waals surface area contributed by atoms with E-state index >= 15 is 0 Å². The zero-order valence-corrected chi connectivity index (χ0v) is 14.9. The monoisotopic (exact) mass is 337 g/mol. The van der Waals surface area contributed by atoms with Crippen molar-refractivity contribution in [2.24, 2.45) is 5.92 Å². The molecule has 1 aliphatic heterocycles. The van der Waals surface area contributed by atoms with Gasteiger partial charge in [0.1, 0.15) is 0 Å². The molecule has 25 heavy (non-hydrogen) atoms. The maximum Gasteiger partial charge on any atom is 0.227 e.